The van der Waals surface area contributed by atoms with Gasteiger partial charge in [0.2, 0.25) is 0 Å². The molecule has 0 radical (unpaired) electrons. The quantitative estimate of drug-likeness (QED) is 0.745. The van der Waals surface area contributed by atoms with E-state index in [0.29, 0.717) is 6.61 Å². The van der Waals surface area contributed by atoms with Gasteiger partial charge in [0.15, 0.2) is 0 Å². The summed E-state index contributed by atoms with van der Waals surface area (Å²) in [5, 5.41) is 0. The molecule has 0 atom stereocenters. The minimum absolute atomic E-state index is 0.180. The van der Waals surface area contributed by atoms with Crippen LogP contribution < -0.4 is 4.74 Å². The minimum Gasteiger partial charge on any atom is -0.489 e. The first-order valence-corrected chi connectivity index (χ1v) is 7.16. The Kier molecular flexibility index (Phi) is 4.17. The molecule has 2 aromatic carbocycles. The summed E-state index contributed by atoms with van der Waals surface area (Å²) in [6, 6.07) is 14.9. The number of hydrogen-bond donors (Lipinski definition) is 0. The number of hydrogen-bond acceptors (Lipinski definition) is 1. The van der Waals surface area contributed by atoms with E-state index in [1.165, 1.54) is 22.3 Å². The number of rotatable bonds is 3. The first-order chi connectivity index (χ1) is 9.36. The third-order valence-electron chi connectivity index (χ3n) is 3.52. The van der Waals surface area contributed by atoms with Crippen LogP contribution in [-0.2, 0) is 12.0 Å². The van der Waals surface area contributed by atoms with Crippen LogP contribution in [0.5, 0.6) is 5.75 Å². The van der Waals surface area contributed by atoms with Gasteiger partial charge in [-0.1, -0.05) is 62.7 Å². The second-order valence-corrected chi connectivity index (χ2v) is 6.51. The molecule has 0 heterocycles. The normalized spacial score (nSPS) is 11.4. The Morgan fingerprint density at radius 1 is 0.950 bits per heavy atom. The van der Waals surface area contributed by atoms with Crippen molar-refractivity contribution in [3.63, 3.8) is 0 Å². The third-order valence-corrected chi connectivity index (χ3v) is 3.52. The van der Waals surface area contributed by atoms with Gasteiger partial charge in [-0.2, -0.15) is 0 Å². The van der Waals surface area contributed by atoms with Crippen molar-refractivity contribution in [2.45, 2.75) is 46.6 Å². The molecular weight excluding hydrogens is 244 g/mol. The maximum absolute atomic E-state index is 5.95. The molecule has 1 nitrogen and oxygen atoms in total. The van der Waals surface area contributed by atoms with E-state index in [2.05, 4.69) is 77.1 Å². The van der Waals surface area contributed by atoms with E-state index in [1.807, 2.05) is 0 Å². The Hall–Kier alpha value is -1.76. The van der Waals surface area contributed by atoms with Crippen molar-refractivity contribution >= 4 is 0 Å². The molecule has 2 rings (SSSR count). The summed E-state index contributed by atoms with van der Waals surface area (Å²) in [4.78, 5) is 0. The van der Waals surface area contributed by atoms with Gasteiger partial charge in [-0.25, -0.2) is 0 Å². The van der Waals surface area contributed by atoms with Crippen LogP contribution >= 0.6 is 0 Å². The Morgan fingerprint density at radius 3 is 2.30 bits per heavy atom. The Labute approximate surface area is 122 Å². The Morgan fingerprint density at radius 2 is 1.70 bits per heavy atom. The maximum atomic E-state index is 5.95. The monoisotopic (exact) mass is 268 g/mol. The van der Waals surface area contributed by atoms with Crippen LogP contribution in [-0.4, -0.2) is 0 Å². The number of ether oxygens (including phenoxy) is 1. The molecule has 0 aliphatic heterocycles. The molecule has 0 aliphatic carbocycles. The van der Waals surface area contributed by atoms with Gasteiger partial charge in [0.25, 0.3) is 0 Å². The summed E-state index contributed by atoms with van der Waals surface area (Å²) in [5.74, 6) is 0.972. The maximum Gasteiger partial charge on any atom is 0.122 e. The Balaban J connectivity index is 2.11. The molecule has 0 spiro atoms. The van der Waals surface area contributed by atoms with Crippen molar-refractivity contribution in [2.75, 3.05) is 0 Å². The first kappa shape index (κ1) is 14.6. The van der Waals surface area contributed by atoms with E-state index in [9.17, 15) is 0 Å². The molecule has 1 heteroatoms. The topological polar surface area (TPSA) is 9.23 Å². The van der Waals surface area contributed by atoms with Crippen molar-refractivity contribution in [1.82, 2.24) is 0 Å². The highest BCUT2D eigenvalue weighted by atomic mass is 16.5. The van der Waals surface area contributed by atoms with E-state index in [4.69, 9.17) is 4.74 Å². The van der Waals surface area contributed by atoms with Crippen LogP contribution in [0.25, 0.3) is 0 Å². The van der Waals surface area contributed by atoms with Crippen LogP contribution in [0.15, 0.2) is 42.5 Å². The van der Waals surface area contributed by atoms with Crippen LogP contribution in [0.1, 0.15) is 43.0 Å². The zero-order valence-corrected chi connectivity index (χ0v) is 13.2. The predicted octanol–water partition coefficient (Wildman–Crippen LogP) is 5.18. The van der Waals surface area contributed by atoms with E-state index < -0.39 is 0 Å². The highest BCUT2D eigenvalue weighted by molar-refractivity contribution is 5.39. The molecular formula is C19H24O. The fraction of sp³-hybridized carbons (Fsp3) is 0.368. The fourth-order valence-corrected chi connectivity index (χ4v) is 2.24. The standard InChI is InChI=1S/C19H24O/c1-14-7-6-8-16(11-14)13-20-18-10-9-17(12-15(18)2)19(3,4)5/h6-12H,13H2,1-5H3. The van der Waals surface area contributed by atoms with E-state index in [0.717, 1.165) is 5.75 Å². The summed E-state index contributed by atoms with van der Waals surface area (Å²) in [5.41, 5.74) is 5.21. The fourth-order valence-electron chi connectivity index (χ4n) is 2.24. The van der Waals surface area contributed by atoms with Crippen molar-refractivity contribution in [2.24, 2.45) is 0 Å². The van der Waals surface area contributed by atoms with Gasteiger partial charge in [-0.05, 0) is 42.0 Å². The molecule has 0 saturated heterocycles. The second kappa shape index (κ2) is 5.70. The van der Waals surface area contributed by atoms with E-state index in [1.54, 1.807) is 0 Å². The first-order valence-electron chi connectivity index (χ1n) is 7.16. The summed E-state index contributed by atoms with van der Waals surface area (Å²) in [7, 11) is 0. The van der Waals surface area contributed by atoms with Gasteiger partial charge < -0.3 is 4.74 Å². The lowest BCUT2D eigenvalue weighted by Crippen LogP contribution is -2.11. The van der Waals surface area contributed by atoms with Crippen molar-refractivity contribution in [3.05, 3.63) is 64.7 Å². The Bertz CT molecular complexity index is 591. The summed E-state index contributed by atoms with van der Waals surface area (Å²) >= 11 is 0. The van der Waals surface area contributed by atoms with Crippen LogP contribution in [0.3, 0.4) is 0 Å². The molecule has 0 aliphatic rings. The number of aryl methyl sites for hydroxylation is 2. The third kappa shape index (κ3) is 3.63. The van der Waals surface area contributed by atoms with Gasteiger partial charge in [0, 0.05) is 0 Å². The molecule has 2 aromatic rings. The summed E-state index contributed by atoms with van der Waals surface area (Å²) in [6.07, 6.45) is 0. The van der Waals surface area contributed by atoms with Gasteiger partial charge in [-0.15, -0.1) is 0 Å². The molecule has 0 saturated carbocycles. The van der Waals surface area contributed by atoms with Crippen LogP contribution in [0.2, 0.25) is 0 Å². The lowest BCUT2D eigenvalue weighted by Gasteiger charge is -2.20. The lowest BCUT2D eigenvalue weighted by atomic mass is 9.86. The van der Waals surface area contributed by atoms with Crippen molar-refractivity contribution in [3.8, 4) is 5.75 Å². The van der Waals surface area contributed by atoms with Crippen LogP contribution in [0.4, 0.5) is 0 Å². The van der Waals surface area contributed by atoms with Crippen LogP contribution in [0, 0.1) is 13.8 Å². The molecule has 0 aromatic heterocycles. The molecule has 0 fully saturated rings. The molecule has 0 unspecified atom stereocenters. The van der Waals surface area contributed by atoms with E-state index in [-0.39, 0.29) is 5.41 Å². The highest BCUT2D eigenvalue weighted by Gasteiger charge is 2.14. The van der Waals surface area contributed by atoms with Gasteiger partial charge >= 0.3 is 0 Å². The largest absolute Gasteiger partial charge is 0.489 e. The molecule has 106 valence electrons. The van der Waals surface area contributed by atoms with E-state index >= 15 is 0 Å². The molecule has 0 N–H and O–H groups in total. The average molecular weight is 268 g/mol. The smallest absolute Gasteiger partial charge is 0.122 e. The number of benzene rings is 2. The second-order valence-electron chi connectivity index (χ2n) is 6.51. The average Bonchev–Trinajstić information content (AvgIpc) is 2.36. The zero-order valence-electron chi connectivity index (χ0n) is 13.2. The zero-order chi connectivity index (χ0) is 14.8. The van der Waals surface area contributed by atoms with Crippen molar-refractivity contribution in [1.29, 1.82) is 0 Å². The molecule has 0 bridgehead atoms. The highest BCUT2D eigenvalue weighted by Crippen LogP contribution is 2.27. The summed E-state index contributed by atoms with van der Waals surface area (Å²) in [6.45, 7) is 11.5. The lowest BCUT2D eigenvalue weighted by molar-refractivity contribution is 0.304. The SMILES string of the molecule is Cc1cccc(COc2ccc(C(C)(C)C)cc2C)c1. The van der Waals surface area contributed by atoms with Gasteiger partial charge in [0.05, 0.1) is 0 Å². The van der Waals surface area contributed by atoms with Crippen molar-refractivity contribution < 1.29 is 4.74 Å². The van der Waals surface area contributed by atoms with Gasteiger partial charge in [-0.3, -0.25) is 0 Å². The predicted molar refractivity (Wildman–Crippen MR) is 85.4 cm³/mol. The van der Waals surface area contributed by atoms with Gasteiger partial charge in [0.1, 0.15) is 12.4 Å². The minimum atomic E-state index is 0.180. The molecule has 0 amide bonds. The molecule has 20 heavy (non-hydrogen) atoms. The summed E-state index contributed by atoms with van der Waals surface area (Å²) < 4.78 is 5.95.